The maximum atomic E-state index is 12.6. The van der Waals surface area contributed by atoms with Crippen LogP contribution in [0.1, 0.15) is 122 Å². The van der Waals surface area contributed by atoms with Gasteiger partial charge in [0.1, 0.15) is 5.75 Å². The van der Waals surface area contributed by atoms with E-state index in [-0.39, 0.29) is 17.3 Å². The number of unbranched alkanes of at least 4 members (excludes halogenated alkanes) is 9. The molecule has 0 aliphatic heterocycles. The quantitative estimate of drug-likeness (QED) is 0.205. The molecule has 1 aliphatic rings. The zero-order valence-electron chi connectivity index (χ0n) is 20.5. The number of rotatable bonds is 15. The van der Waals surface area contributed by atoms with Crippen molar-refractivity contribution < 1.29 is 9.53 Å². The fourth-order valence-electron chi connectivity index (χ4n) is 4.80. The van der Waals surface area contributed by atoms with Gasteiger partial charge in [-0.15, -0.1) is 0 Å². The van der Waals surface area contributed by atoms with Crippen LogP contribution in [0.2, 0.25) is 0 Å². The molecule has 1 heterocycles. The highest BCUT2D eigenvalue weighted by Crippen LogP contribution is 2.42. The molecule has 4 heteroatoms. The predicted molar refractivity (Wildman–Crippen MR) is 130 cm³/mol. The van der Waals surface area contributed by atoms with Gasteiger partial charge in [-0.2, -0.15) is 5.26 Å². The molecule has 0 unspecified atom stereocenters. The maximum absolute atomic E-state index is 12.6. The Hall–Kier alpha value is -1.89. The first-order valence-electron chi connectivity index (χ1n) is 13.2. The van der Waals surface area contributed by atoms with E-state index in [4.69, 9.17) is 4.74 Å². The van der Waals surface area contributed by atoms with Gasteiger partial charge in [-0.1, -0.05) is 78.1 Å². The zero-order valence-corrected chi connectivity index (χ0v) is 20.5. The van der Waals surface area contributed by atoms with E-state index in [9.17, 15) is 10.1 Å². The van der Waals surface area contributed by atoms with E-state index in [1.807, 2.05) is 12.1 Å². The van der Waals surface area contributed by atoms with E-state index >= 15 is 0 Å². The van der Waals surface area contributed by atoms with Crippen molar-refractivity contribution >= 4 is 5.97 Å². The standard InChI is InChI=1S/C28H44N2O2/c1-3-5-7-9-10-12-14-25-15-16-26(22-30-25)32-27(31)24-17-20-28(23-29,21-18-24)19-13-11-8-6-4-2/h15-16,22,24H,3-14,17-21H2,1-2H3. The summed E-state index contributed by atoms with van der Waals surface area (Å²) in [6, 6.07) is 6.44. The molecule has 178 valence electrons. The number of carbonyl (C=O) groups is 1. The summed E-state index contributed by atoms with van der Waals surface area (Å²) >= 11 is 0. The Balaban J connectivity index is 1.70. The van der Waals surface area contributed by atoms with Gasteiger partial charge in [0.25, 0.3) is 0 Å². The average Bonchev–Trinajstić information content (AvgIpc) is 2.82. The highest BCUT2D eigenvalue weighted by Gasteiger charge is 2.37. The number of hydrogen-bond acceptors (Lipinski definition) is 4. The Morgan fingerprint density at radius 1 is 1.00 bits per heavy atom. The van der Waals surface area contributed by atoms with Crippen LogP contribution in [0.3, 0.4) is 0 Å². The maximum Gasteiger partial charge on any atom is 0.314 e. The molecule has 0 aromatic carbocycles. The van der Waals surface area contributed by atoms with Crippen LogP contribution in [0, 0.1) is 22.7 Å². The zero-order chi connectivity index (χ0) is 23.1. The number of ether oxygens (including phenoxy) is 1. The van der Waals surface area contributed by atoms with Crippen LogP contribution in [0.4, 0.5) is 0 Å². The third kappa shape index (κ3) is 9.31. The summed E-state index contributed by atoms with van der Waals surface area (Å²) < 4.78 is 5.62. The van der Waals surface area contributed by atoms with Crippen molar-refractivity contribution in [2.24, 2.45) is 11.3 Å². The molecular formula is C28H44N2O2. The van der Waals surface area contributed by atoms with Crippen molar-refractivity contribution in [1.82, 2.24) is 4.98 Å². The van der Waals surface area contributed by atoms with Crippen LogP contribution in [0.5, 0.6) is 5.75 Å². The average molecular weight is 441 g/mol. The number of aryl methyl sites for hydroxylation is 1. The molecule has 0 bridgehead atoms. The van der Waals surface area contributed by atoms with Crippen molar-refractivity contribution in [3.05, 3.63) is 24.0 Å². The number of esters is 1. The van der Waals surface area contributed by atoms with E-state index in [0.29, 0.717) is 5.75 Å². The van der Waals surface area contributed by atoms with Gasteiger partial charge in [0.05, 0.1) is 23.6 Å². The van der Waals surface area contributed by atoms with Gasteiger partial charge < -0.3 is 4.74 Å². The van der Waals surface area contributed by atoms with Crippen LogP contribution in [0.25, 0.3) is 0 Å². The monoisotopic (exact) mass is 440 g/mol. The Labute approximate surface area is 196 Å². The van der Waals surface area contributed by atoms with Gasteiger partial charge in [-0.25, -0.2) is 0 Å². The van der Waals surface area contributed by atoms with E-state index in [0.717, 1.165) is 57.1 Å². The Kier molecular flexibility index (Phi) is 12.4. The Bertz CT molecular complexity index is 684. The second-order valence-electron chi connectivity index (χ2n) is 9.75. The van der Waals surface area contributed by atoms with Crippen molar-refractivity contribution in [2.75, 3.05) is 0 Å². The molecule has 32 heavy (non-hydrogen) atoms. The lowest BCUT2D eigenvalue weighted by atomic mass is 9.69. The normalized spacial score (nSPS) is 20.6. The Morgan fingerprint density at radius 3 is 2.22 bits per heavy atom. The predicted octanol–water partition coefficient (Wildman–Crippen LogP) is 7.95. The molecule has 0 N–H and O–H groups in total. The van der Waals surface area contributed by atoms with Crippen LogP contribution < -0.4 is 4.74 Å². The summed E-state index contributed by atoms with van der Waals surface area (Å²) in [4.78, 5) is 17.1. The highest BCUT2D eigenvalue weighted by molar-refractivity contribution is 5.75. The number of carbonyl (C=O) groups excluding carboxylic acids is 1. The van der Waals surface area contributed by atoms with Crippen molar-refractivity contribution in [3.63, 3.8) is 0 Å². The number of nitriles is 1. The largest absolute Gasteiger partial charge is 0.425 e. The topological polar surface area (TPSA) is 63.0 Å². The summed E-state index contributed by atoms with van der Waals surface area (Å²) in [5.41, 5.74) is 0.832. The first-order valence-corrected chi connectivity index (χ1v) is 13.2. The Morgan fingerprint density at radius 2 is 1.62 bits per heavy atom. The smallest absolute Gasteiger partial charge is 0.314 e. The summed E-state index contributed by atoms with van der Waals surface area (Å²) in [6.45, 7) is 4.46. The van der Waals surface area contributed by atoms with Crippen molar-refractivity contribution in [1.29, 1.82) is 5.26 Å². The third-order valence-electron chi connectivity index (χ3n) is 7.07. The molecule has 4 nitrogen and oxygen atoms in total. The SMILES string of the molecule is CCCCCCCCc1ccc(OC(=O)C2CCC(C#N)(CCCCCCC)CC2)cn1. The fourth-order valence-corrected chi connectivity index (χ4v) is 4.80. The molecule has 2 rings (SSSR count). The van der Waals surface area contributed by atoms with Gasteiger partial charge >= 0.3 is 5.97 Å². The van der Waals surface area contributed by atoms with Gasteiger partial charge in [0, 0.05) is 5.69 Å². The molecule has 1 fully saturated rings. The molecule has 1 aromatic rings. The van der Waals surface area contributed by atoms with Crippen LogP contribution in [-0.2, 0) is 11.2 Å². The van der Waals surface area contributed by atoms with Gasteiger partial charge in [-0.3, -0.25) is 9.78 Å². The van der Waals surface area contributed by atoms with E-state index in [2.05, 4.69) is 24.9 Å². The van der Waals surface area contributed by atoms with Crippen molar-refractivity contribution in [3.8, 4) is 11.8 Å². The second kappa shape index (κ2) is 15.0. The molecule has 0 spiro atoms. The molecule has 0 radical (unpaired) electrons. The summed E-state index contributed by atoms with van der Waals surface area (Å²) in [5, 5.41) is 9.77. The van der Waals surface area contributed by atoms with Gasteiger partial charge in [0.2, 0.25) is 0 Å². The lowest BCUT2D eigenvalue weighted by Crippen LogP contribution is -2.31. The lowest BCUT2D eigenvalue weighted by molar-refractivity contribution is -0.140. The minimum absolute atomic E-state index is 0.0978. The van der Waals surface area contributed by atoms with Crippen molar-refractivity contribution in [2.45, 2.75) is 123 Å². The van der Waals surface area contributed by atoms with Crippen LogP contribution >= 0.6 is 0 Å². The minimum Gasteiger partial charge on any atom is -0.425 e. The van der Waals surface area contributed by atoms with Gasteiger partial charge in [-0.05, 0) is 57.1 Å². The first-order chi connectivity index (χ1) is 15.6. The number of nitrogens with zero attached hydrogens (tertiary/aromatic N) is 2. The second-order valence-corrected chi connectivity index (χ2v) is 9.75. The van der Waals surface area contributed by atoms with Crippen LogP contribution in [-0.4, -0.2) is 11.0 Å². The lowest BCUT2D eigenvalue weighted by Gasteiger charge is -2.34. The van der Waals surface area contributed by atoms with E-state index < -0.39 is 0 Å². The molecule has 0 saturated heterocycles. The summed E-state index contributed by atoms with van der Waals surface area (Å²) in [7, 11) is 0. The first kappa shape index (κ1) is 26.4. The number of pyridine rings is 1. The van der Waals surface area contributed by atoms with Gasteiger partial charge in [0.15, 0.2) is 0 Å². The van der Waals surface area contributed by atoms with E-state index in [1.165, 1.54) is 57.8 Å². The molecule has 1 saturated carbocycles. The molecule has 1 aromatic heterocycles. The third-order valence-corrected chi connectivity index (χ3v) is 7.07. The number of aromatic nitrogens is 1. The molecular weight excluding hydrogens is 396 g/mol. The van der Waals surface area contributed by atoms with Crippen LogP contribution in [0.15, 0.2) is 18.3 Å². The van der Waals surface area contributed by atoms with E-state index in [1.54, 1.807) is 6.20 Å². The molecule has 0 amide bonds. The fraction of sp³-hybridized carbons (Fsp3) is 0.750. The highest BCUT2D eigenvalue weighted by atomic mass is 16.5. The molecule has 0 atom stereocenters. The summed E-state index contributed by atoms with van der Waals surface area (Å²) in [6.07, 6.45) is 20.5. The number of hydrogen-bond donors (Lipinski definition) is 0. The molecule has 1 aliphatic carbocycles. The minimum atomic E-state index is -0.233. The summed E-state index contributed by atoms with van der Waals surface area (Å²) in [5.74, 6) is 0.277.